The summed E-state index contributed by atoms with van der Waals surface area (Å²) < 4.78 is 0. The molecule has 0 radical (unpaired) electrons. The van der Waals surface area contributed by atoms with Crippen molar-refractivity contribution in [2.45, 2.75) is 19.9 Å². The second-order valence-corrected chi connectivity index (χ2v) is 6.96. The molecule has 0 aliphatic rings. The molecule has 2 aromatic carbocycles. The third-order valence-electron chi connectivity index (χ3n) is 4.67. The molecule has 2 aromatic heterocycles. The lowest BCUT2D eigenvalue weighted by Crippen LogP contribution is -2.14. The SMILES string of the molecule is Cc1ccc2c(C(Nc3cccnc3)c3ccccc3Cl)c(C)[nH]c2c1. The Hall–Kier alpha value is -2.78. The van der Waals surface area contributed by atoms with E-state index < -0.39 is 0 Å². The smallest absolute Gasteiger partial charge is 0.0805 e. The van der Waals surface area contributed by atoms with Crippen LogP contribution in [0.25, 0.3) is 10.9 Å². The van der Waals surface area contributed by atoms with Crippen molar-refractivity contribution < 1.29 is 0 Å². The van der Waals surface area contributed by atoms with Gasteiger partial charge in [0.2, 0.25) is 0 Å². The average Bonchev–Trinajstić information content (AvgIpc) is 2.96. The molecular formula is C22H20ClN3. The highest BCUT2D eigenvalue weighted by molar-refractivity contribution is 6.31. The number of hydrogen-bond donors (Lipinski definition) is 2. The van der Waals surface area contributed by atoms with Crippen molar-refractivity contribution in [2.24, 2.45) is 0 Å². The fraction of sp³-hybridized carbons (Fsp3) is 0.136. The molecule has 2 heterocycles. The van der Waals surface area contributed by atoms with Crippen LogP contribution in [-0.4, -0.2) is 9.97 Å². The summed E-state index contributed by atoms with van der Waals surface area (Å²) in [5, 5.41) is 5.57. The van der Waals surface area contributed by atoms with E-state index in [1.54, 1.807) is 6.20 Å². The number of halogens is 1. The number of aromatic amines is 1. The van der Waals surface area contributed by atoms with E-state index in [9.17, 15) is 0 Å². The molecule has 3 nitrogen and oxygen atoms in total. The van der Waals surface area contributed by atoms with Crippen LogP contribution in [0.3, 0.4) is 0 Å². The minimum absolute atomic E-state index is 0.0793. The van der Waals surface area contributed by atoms with Gasteiger partial charge in [0.05, 0.1) is 11.7 Å². The molecule has 4 heteroatoms. The Kier molecular flexibility index (Phi) is 4.39. The Morgan fingerprint density at radius 1 is 1.04 bits per heavy atom. The molecule has 0 bridgehead atoms. The number of hydrogen-bond acceptors (Lipinski definition) is 2. The van der Waals surface area contributed by atoms with Crippen molar-refractivity contribution >= 4 is 28.2 Å². The minimum atomic E-state index is -0.0793. The Bertz CT molecular complexity index is 1050. The zero-order valence-corrected chi connectivity index (χ0v) is 15.5. The highest BCUT2D eigenvalue weighted by Crippen LogP contribution is 2.37. The molecule has 1 atom stereocenters. The van der Waals surface area contributed by atoms with Crippen LogP contribution in [0.4, 0.5) is 5.69 Å². The van der Waals surface area contributed by atoms with E-state index in [-0.39, 0.29) is 6.04 Å². The van der Waals surface area contributed by atoms with E-state index in [1.165, 1.54) is 16.5 Å². The number of aryl methyl sites for hydroxylation is 2. The van der Waals surface area contributed by atoms with Gasteiger partial charge in [-0.2, -0.15) is 0 Å². The lowest BCUT2D eigenvalue weighted by atomic mass is 9.95. The largest absolute Gasteiger partial charge is 0.373 e. The van der Waals surface area contributed by atoms with Crippen molar-refractivity contribution in [3.05, 3.63) is 94.4 Å². The summed E-state index contributed by atoms with van der Waals surface area (Å²) in [6, 6.07) is 18.4. The summed E-state index contributed by atoms with van der Waals surface area (Å²) in [6.45, 7) is 4.22. The molecule has 130 valence electrons. The predicted molar refractivity (Wildman–Crippen MR) is 109 cm³/mol. The molecular weight excluding hydrogens is 342 g/mol. The lowest BCUT2D eigenvalue weighted by Gasteiger charge is -2.22. The number of H-pyrrole nitrogens is 1. The Morgan fingerprint density at radius 2 is 1.88 bits per heavy atom. The van der Waals surface area contributed by atoms with Crippen LogP contribution in [0.2, 0.25) is 5.02 Å². The second kappa shape index (κ2) is 6.85. The Labute approximate surface area is 158 Å². The maximum absolute atomic E-state index is 6.57. The third-order valence-corrected chi connectivity index (χ3v) is 5.01. The maximum Gasteiger partial charge on any atom is 0.0805 e. The molecule has 1 unspecified atom stereocenters. The van der Waals surface area contributed by atoms with Crippen molar-refractivity contribution in [1.82, 2.24) is 9.97 Å². The average molecular weight is 362 g/mol. The number of pyridine rings is 1. The normalized spacial score (nSPS) is 12.3. The first kappa shape index (κ1) is 16.7. The van der Waals surface area contributed by atoms with Gasteiger partial charge in [-0.3, -0.25) is 4.98 Å². The highest BCUT2D eigenvalue weighted by Gasteiger charge is 2.23. The molecule has 0 amide bonds. The first-order valence-corrected chi connectivity index (χ1v) is 9.01. The predicted octanol–water partition coefficient (Wildman–Crippen LogP) is 6.03. The van der Waals surface area contributed by atoms with Gasteiger partial charge in [-0.1, -0.05) is 41.9 Å². The van der Waals surface area contributed by atoms with Crippen LogP contribution in [0.5, 0.6) is 0 Å². The van der Waals surface area contributed by atoms with Crippen LogP contribution in [-0.2, 0) is 0 Å². The third kappa shape index (κ3) is 3.06. The monoisotopic (exact) mass is 361 g/mol. The zero-order valence-electron chi connectivity index (χ0n) is 14.8. The molecule has 0 fully saturated rings. The van der Waals surface area contributed by atoms with Gasteiger partial charge in [0, 0.05) is 39.6 Å². The molecule has 0 saturated carbocycles. The lowest BCUT2D eigenvalue weighted by molar-refractivity contribution is 0.931. The van der Waals surface area contributed by atoms with Gasteiger partial charge >= 0.3 is 0 Å². The van der Waals surface area contributed by atoms with Crippen molar-refractivity contribution in [3.63, 3.8) is 0 Å². The van der Waals surface area contributed by atoms with Gasteiger partial charge in [0.1, 0.15) is 0 Å². The van der Waals surface area contributed by atoms with E-state index in [0.717, 1.165) is 27.5 Å². The van der Waals surface area contributed by atoms with Crippen molar-refractivity contribution in [1.29, 1.82) is 0 Å². The number of benzene rings is 2. The zero-order chi connectivity index (χ0) is 18.1. The number of anilines is 1. The van der Waals surface area contributed by atoms with Crippen LogP contribution < -0.4 is 5.32 Å². The second-order valence-electron chi connectivity index (χ2n) is 6.55. The maximum atomic E-state index is 6.57. The Balaban J connectivity index is 1.91. The van der Waals surface area contributed by atoms with Gasteiger partial charge < -0.3 is 10.3 Å². The van der Waals surface area contributed by atoms with Gasteiger partial charge in [-0.05, 0) is 49.2 Å². The fourth-order valence-electron chi connectivity index (χ4n) is 3.47. The van der Waals surface area contributed by atoms with Gasteiger partial charge in [-0.25, -0.2) is 0 Å². The minimum Gasteiger partial charge on any atom is -0.373 e. The standard InChI is InChI=1S/C22H20ClN3/c1-14-9-10-18-20(12-14)25-15(2)21(18)22(17-7-3-4-8-19(17)23)26-16-6-5-11-24-13-16/h3-13,22,25-26H,1-2H3. The van der Waals surface area contributed by atoms with E-state index in [2.05, 4.69) is 53.4 Å². The summed E-state index contributed by atoms with van der Waals surface area (Å²) >= 11 is 6.57. The molecule has 0 saturated heterocycles. The molecule has 4 rings (SSSR count). The van der Waals surface area contributed by atoms with E-state index in [0.29, 0.717) is 0 Å². The molecule has 0 spiro atoms. The van der Waals surface area contributed by atoms with Crippen molar-refractivity contribution in [2.75, 3.05) is 5.32 Å². The molecule has 4 aromatic rings. The van der Waals surface area contributed by atoms with E-state index in [1.807, 2.05) is 36.5 Å². The summed E-state index contributed by atoms with van der Waals surface area (Å²) in [6.07, 6.45) is 3.60. The summed E-state index contributed by atoms with van der Waals surface area (Å²) in [5.41, 5.74) is 6.71. The first-order chi connectivity index (χ1) is 12.6. The molecule has 0 aliphatic heterocycles. The molecule has 2 N–H and O–H groups in total. The first-order valence-electron chi connectivity index (χ1n) is 8.63. The summed E-state index contributed by atoms with van der Waals surface area (Å²) in [7, 11) is 0. The summed E-state index contributed by atoms with van der Waals surface area (Å²) in [5.74, 6) is 0. The van der Waals surface area contributed by atoms with Gasteiger partial charge in [0.15, 0.2) is 0 Å². The topological polar surface area (TPSA) is 40.7 Å². The van der Waals surface area contributed by atoms with Crippen LogP contribution in [0.1, 0.15) is 28.4 Å². The Morgan fingerprint density at radius 3 is 2.65 bits per heavy atom. The summed E-state index contributed by atoms with van der Waals surface area (Å²) in [4.78, 5) is 7.75. The number of fused-ring (bicyclic) bond motifs is 1. The number of nitrogens with one attached hydrogen (secondary N) is 2. The van der Waals surface area contributed by atoms with Gasteiger partial charge in [0.25, 0.3) is 0 Å². The van der Waals surface area contributed by atoms with Crippen molar-refractivity contribution in [3.8, 4) is 0 Å². The molecule has 0 aliphatic carbocycles. The van der Waals surface area contributed by atoms with E-state index >= 15 is 0 Å². The molecule has 26 heavy (non-hydrogen) atoms. The number of rotatable bonds is 4. The fourth-order valence-corrected chi connectivity index (χ4v) is 3.71. The number of aromatic nitrogens is 2. The van der Waals surface area contributed by atoms with E-state index in [4.69, 9.17) is 11.6 Å². The van der Waals surface area contributed by atoms with Crippen LogP contribution in [0, 0.1) is 13.8 Å². The quantitative estimate of drug-likeness (QED) is 0.465. The highest BCUT2D eigenvalue weighted by atomic mass is 35.5. The van der Waals surface area contributed by atoms with Gasteiger partial charge in [-0.15, -0.1) is 0 Å². The number of nitrogens with zero attached hydrogens (tertiary/aromatic N) is 1. The van der Waals surface area contributed by atoms with Crippen LogP contribution in [0.15, 0.2) is 67.0 Å². The van der Waals surface area contributed by atoms with Crippen LogP contribution >= 0.6 is 11.6 Å².